The second kappa shape index (κ2) is 7.34. The Morgan fingerprint density at radius 1 is 1.07 bits per heavy atom. The fraction of sp³-hybridized carbons (Fsp3) is 0.375. The van der Waals surface area contributed by atoms with Gasteiger partial charge in [0.15, 0.2) is 0 Å². The number of piperidine rings is 1. The zero-order valence-corrected chi connectivity index (χ0v) is 17.1. The number of likely N-dealkylation sites (N-methyl/N-ethyl adjacent to an activating group) is 1. The van der Waals surface area contributed by atoms with Crippen molar-refractivity contribution in [2.75, 3.05) is 20.1 Å². The number of hydrogen-bond acceptors (Lipinski definition) is 3. The third-order valence-electron chi connectivity index (χ3n) is 6.48. The van der Waals surface area contributed by atoms with E-state index in [4.69, 9.17) is 0 Å². The predicted molar refractivity (Wildman–Crippen MR) is 116 cm³/mol. The Kier molecular flexibility index (Phi) is 4.69. The molecule has 3 nitrogen and oxygen atoms in total. The van der Waals surface area contributed by atoms with Crippen LogP contribution < -0.4 is 0 Å². The lowest BCUT2D eigenvalue weighted by atomic mass is 10.0. The van der Waals surface area contributed by atoms with Gasteiger partial charge in [0, 0.05) is 30.4 Å². The van der Waals surface area contributed by atoms with E-state index in [2.05, 4.69) is 41.3 Å². The molecule has 28 heavy (non-hydrogen) atoms. The van der Waals surface area contributed by atoms with Crippen molar-refractivity contribution in [3.63, 3.8) is 0 Å². The van der Waals surface area contributed by atoms with Gasteiger partial charge in [0.1, 0.15) is 0 Å². The SMILES string of the molecule is CN(C(=O)c1cc2ccccc2s1)[C@@H]1CCCN(C2Cc3ccccc3C2)C1. The topological polar surface area (TPSA) is 23.6 Å². The molecule has 1 aliphatic carbocycles. The van der Waals surface area contributed by atoms with E-state index < -0.39 is 0 Å². The minimum absolute atomic E-state index is 0.169. The van der Waals surface area contributed by atoms with Crippen LogP contribution >= 0.6 is 11.3 Å². The number of hydrogen-bond donors (Lipinski definition) is 0. The first-order valence-corrected chi connectivity index (χ1v) is 11.1. The zero-order chi connectivity index (χ0) is 19.1. The molecule has 1 aromatic heterocycles. The maximum atomic E-state index is 13.1. The van der Waals surface area contributed by atoms with E-state index in [-0.39, 0.29) is 5.91 Å². The Hall–Kier alpha value is -2.17. The van der Waals surface area contributed by atoms with Crippen molar-refractivity contribution in [1.82, 2.24) is 9.80 Å². The molecule has 3 aromatic rings. The molecule has 0 unspecified atom stereocenters. The average molecular weight is 391 g/mol. The molecule has 1 atom stereocenters. The molecular formula is C24H26N2OS. The maximum absolute atomic E-state index is 13.1. The molecule has 1 aliphatic heterocycles. The highest BCUT2D eigenvalue weighted by atomic mass is 32.1. The van der Waals surface area contributed by atoms with Crippen molar-refractivity contribution in [2.45, 2.75) is 37.8 Å². The van der Waals surface area contributed by atoms with Crippen LogP contribution in [0.2, 0.25) is 0 Å². The van der Waals surface area contributed by atoms with Crippen LogP contribution in [0.5, 0.6) is 0 Å². The monoisotopic (exact) mass is 390 g/mol. The van der Waals surface area contributed by atoms with Crippen molar-refractivity contribution in [2.24, 2.45) is 0 Å². The quantitative estimate of drug-likeness (QED) is 0.652. The molecule has 1 saturated heterocycles. The van der Waals surface area contributed by atoms with E-state index in [0.717, 1.165) is 37.2 Å². The molecule has 0 bridgehead atoms. The van der Waals surface area contributed by atoms with Crippen LogP contribution in [0.3, 0.4) is 0 Å². The van der Waals surface area contributed by atoms with Crippen molar-refractivity contribution in [3.8, 4) is 0 Å². The Bertz CT molecular complexity index is 953. The summed E-state index contributed by atoms with van der Waals surface area (Å²) in [5.74, 6) is 0.169. The van der Waals surface area contributed by atoms with Gasteiger partial charge in [-0.3, -0.25) is 9.69 Å². The van der Waals surface area contributed by atoms with Gasteiger partial charge >= 0.3 is 0 Å². The van der Waals surface area contributed by atoms with Crippen LogP contribution in [0.4, 0.5) is 0 Å². The second-order valence-corrected chi connectivity index (χ2v) is 9.27. The third-order valence-corrected chi connectivity index (χ3v) is 7.58. The minimum Gasteiger partial charge on any atom is -0.337 e. The molecule has 144 valence electrons. The normalized spacial score (nSPS) is 20.4. The lowest BCUT2D eigenvalue weighted by Gasteiger charge is -2.40. The molecule has 5 rings (SSSR count). The van der Waals surface area contributed by atoms with Gasteiger partial charge in [-0.1, -0.05) is 42.5 Å². The van der Waals surface area contributed by atoms with Gasteiger partial charge in [-0.15, -0.1) is 11.3 Å². The van der Waals surface area contributed by atoms with Crippen molar-refractivity contribution in [1.29, 1.82) is 0 Å². The van der Waals surface area contributed by atoms with Crippen LogP contribution in [-0.4, -0.2) is 47.9 Å². The highest BCUT2D eigenvalue weighted by molar-refractivity contribution is 7.20. The largest absolute Gasteiger partial charge is 0.337 e. The molecule has 0 saturated carbocycles. The van der Waals surface area contributed by atoms with Gasteiger partial charge in [-0.25, -0.2) is 0 Å². The van der Waals surface area contributed by atoms with Gasteiger partial charge in [-0.2, -0.15) is 0 Å². The Balaban J connectivity index is 1.29. The first kappa shape index (κ1) is 17.9. The number of thiophene rings is 1. The van der Waals surface area contributed by atoms with Crippen molar-refractivity contribution in [3.05, 3.63) is 70.6 Å². The highest BCUT2D eigenvalue weighted by Gasteiger charge is 2.33. The van der Waals surface area contributed by atoms with E-state index in [1.54, 1.807) is 11.3 Å². The molecule has 1 amide bonds. The van der Waals surface area contributed by atoms with Gasteiger partial charge < -0.3 is 4.90 Å². The summed E-state index contributed by atoms with van der Waals surface area (Å²) < 4.78 is 1.19. The van der Waals surface area contributed by atoms with Crippen LogP contribution in [0, 0.1) is 0 Å². The Morgan fingerprint density at radius 2 is 1.79 bits per heavy atom. The lowest BCUT2D eigenvalue weighted by molar-refractivity contribution is 0.0559. The zero-order valence-electron chi connectivity index (χ0n) is 16.3. The average Bonchev–Trinajstić information content (AvgIpc) is 3.37. The van der Waals surface area contributed by atoms with E-state index >= 15 is 0 Å². The molecule has 0 spiro atoms. The first-order valence-electron chi connectivity index (χ1n) is 10.3. The van der Waals surface area contributed by atoms with Gasteiger partial charge in [-0.05, 0) is 60.9 Å². The van der Waals surface area contributed by atoms with E-state index in [1.165, 1.54) is 27.6 Å². The highest BCUT2D eigenvalue weighted by Crippen LogP contribution is 2.30. The molecule has 2 heterocycles. The summed E-state index contributed by atoms with van der Waals surface area (Å²) in [6.45, 7) is 2.14. The summed E-state index contributed by atoms with van der Waals surface area (Å²) in [5.41, 5.74) is 3.01. The van der Waals surface area contributed by atoms with Crippen LogP contribution in [0.1, 0.15) is 33.6 Å². The predicted octanol–water partition coefficient (Wildman–Crippen LogP) is 4.61. The molecular weight excluding hydrogens is 364 g/mol. The van der Waals surface area contributed by atoms with E-state index in [0.29, 0.717) is 12.1 Å². The van der Waals surface area contributed by atoms with Gasteiger partial charge in [0.25, 0.3) is 5.91 Å². The van der Waals surface area contributed by atoms with Crippen molar-refractivity contribution < 1.29 is 4.79 Å². The summed E-state index contributed by atoms with van der Waals surface area (Å²) in [6.07, 6.45) is 4.57. The Morgan fingerprint density at radius 3 is 2.54 bits per heavy atom. The van der Waals surface area contributed by atoms with Crippen molar-refractivity contribution >= 4 is 27.3 Å². The number of amides is 1. The summed E-state index contributed by atoms with van der Waals surface area (Å²) in [6, 6.07) is 20.0. The number of carbonyl (C=O) groups excluding carboxylic acids is 1. The second-order valence-electron chi connectivity index (χ2n) is 8.19. The van der Waals surface area contributed by atoms with Crippen LogP contribution in [0.15, 0.2) is 54.6 Å². The van der Waals surface area contributed by atoms with Crippen LogP contribution in [0.25, 0.3) is 10.1 Å². The fourth-order valence-electron chi connectivity index (χ4n) is 4.85. The molecule has 0 N–H and O–H groups in total. The standard InChI is InChI=1S/C24H26N2OS/c1-25(24(27)23-15-19-9-4-5-11-22(19)28-23)20-10-6-12-26(16-20)21-13-17-7-2-3-8-18(17)14-21/h2-5,7-9,11,15,20-21H,6,10,12-14,16H2,1H3/t20-/m1/s1. The number of fused-ring (bicyclic) bond motifs is 2. The molecule has 1 fully saturated rings. The van der Waals surface area contributed by atoms with E-state index in [1.807, 2.05) is 30.1 Å². The molecule has 0 radical (unpaired) electrons. The summed E-state index contributed by atoms with van der Waals surface area (Å²) >= 11 is 1.61. The van der Waals surface area contributed by atoms with Gasteiger partial charge in [0.2, 0.25) is 0 Å². The maximum Gasteiger partial charge on any atom is 0.263 e. The fourth-order valence-corrected chi connectivity index (χ4v) is 5.90. The summed E-state index contributed by atoms with van der Waals surface area (Å²) in [4.78, 5) is 18.6. The van der Waals surface area contributed by atoms with Gasteiger partial charge in [0.05, 0.1) is 4.88 Å². The smallest absolute Gasteiger partial charge is 0.263 e. The summed E-state index contributed by atoms with van der Waals surface area (Å²) in [7, 11) is 1.99. The number of nitrogens with zero attached hydrogens (tertiary/aromatic N) is 2. The number of carbonyl (C=O) groups is 1. The number of likely N-dealkylation sites (tertiary alicyclic amines) is 1. The van der Waals surface area contributed by atoms with Crippen LogP contribution in [-0.2, 0) is 12.8 Å². The molecule has 2 aliphatic rings. The van der Waals surface area contributed by atoms with E-state index in [9.17, 15) is 4.79 Å². The third kappa shape index (κ3) is 3.25. The molecule has 4 heteroatoms. The summed E-state index contributed by atoms with van der Waals surface area (Å²) in [5, 5.41) is 1.17. The number of rotatable bonds is 3. The minimum atomic E-state index is 0.169. The Labute approximate surface area is 170 Å². The lowest BCUT2D eigenvalue weighted by Crippen LogP contribution is -2.51. The number of benzene rings is 2. The molecule has 2 aromatic carbocycles. The first-order chi connectivity index (χ1) is 13.7.